The van der Waals surface area contributed by atoms with Crippen LogP contribution in [-0.4, -0.2) is 35.4 Å². The van der Waals surface area contributed by atoms with E-state index < -0.39 is 0 Å². The van der Waals surface area contributed by atoms with Gasteiger partial charge in [0, 0.05) is 22.4 Å². The number of hydrogen-bond acceptors (Lipinski definition) is 6. The molecule has 0 N–H and O–H groups in total. The van der Waals surface area contributed by atoms with E-state index in [-0.39, 0.29) is 5.97 Å². The Kier molecular flexibility index (Phi) is 6.67. The van der Waals surface area contributed by atoms with Crippen molar-refractivity contribution in [2.24, 2.45) is 24.3 Å². The first-order chi connectivity index (χ1) is 14.1. The predicted octanol–water partition coefficient (Wildman–Crippen LogP) is 3.34. The molecule has 150 valence electrons. The minimum absolute atomic E-state index is 0.305. The third-order valence-corrected chi connectivity index (χ3v) is 4.36. The highest BCUT2D eigenvalue weighted by molar-refractivity contribution is 5.89. The number of benzene rings is 2. The van der Waals surface area contributed by atoms with Gasteiger partial charge < -0.3 is 9.64 Å². The van der Waals surface area contributed by atoms with Gasteiger partial charge in [-0.3, -0.25) is 0 Å². The minimum Gasteiger partial charge on any atom is -0.460 e. The number of rotatable bonds is 8. The van der Waals surface area contributed by atoms with Gasteiger partial charge in [0.15, 0.2) is 6.33 Å². The van der Waals surface area contributed by atoms with Crippen LogP contribution < -0.4 is 9.47 Å². The highest BCUT2D eigenvalue weighted by Gasteiger charge is 2.11. The molecular weight excluding hydrogens is 368 g/mol. The van der Waals surface area contributed by atoms with Crippen LogP contribution >= 0.6 is 0 Å². The maximum Gasteiger partial charge on any atom is 0.435 e. The Morgan fingerprint density at radius 2 is 1.86 bits per heavy atom. The molecule has 0 atom stereocenters. The van der Waals surface area contributed by atoms with Crippen molar-refractivity contribution < 1.29 is 14.1 Å². The Balaban J connectivity index is 1.55. The molecule has 0 aliphatic rings. The van der Waals surface area contributed by atoms with E-state index in [0.29, 0.717) is 24.7 Å². The van der Waals surface area contributed by atoms with Gasteiger partial charge in [-0.25, -0.2) is 9.36 Å². The molecule has 0 amide bonds. The van der Waals surface area contributed by atoms with Crippen molar-refractivity contribution in [1.29, 1.82) is 0 Å². The molecule has 0 saturated heterocycles. The molecule has 1 heterocycles. The van der Waals surface area contributed by atoms with Gasteiger partial charge in [-0.2, -0.15) is 0 Å². The lowest BCUT2D eigenvalue weighted by Gasteiger charge is -2.22. The zero-order chi connectivity index (χ0) is 20.6. The normalized spacial score (nSPS) is 11.0. The summed E-state index contributed by atoms with van der Waals surface area (Å²) in [4.78, 5) is 14.2. The number of esters is 1. The van der Waals surface area contributed by atoms with Crippen molar-refractivity contribution in [2.45, 2.75) is 6.92 Å². The highest BCUT2D eigenvalue weighted by Crippen LogP contribution is 2.21. The van der Waals surface area contributed by atoms with Gasteiger partial charge in [0.2, 0.25) is 0 Å². The van der Waals surface area contributed by atoms with E-state index in [4.69, 9.17) is 4.74 Å². The van der Waals surface area contributed by atoms with Crippen molar-refractivity contribution in [2.75, 3.05) is 24.6 Å². The average molecular weight is 393 g/mol. The van der Waals surface area contributed by atoms with Crippen molar-refractivity contribution in [3.63, 3.8) is 0 Å². The van der Waals surface area contributed by atoms with Crippen LogP contribution in [0.1, 0.15) is 17.3 Å². The molecule has 0 spiro atoms. The van der Waals surface area contributed by atoms with Crippen LogP contribution in [0.5, 0.6) is 0 Å². The largest absolute Gasteiger partial charge is 0.460 e. The van der Waals surface area contributed by atoms with Gasteiger partial charge >= 0.3 is 11.9 Å². The first-order valence-electron chi connectivity index (χ1n) is 9.45. The third-order valence-electron chi connectivity index (χ3n) is 4.36. The molecule has 8 heteroatoms. The topological polar surface area (TPSA) is 76.0 Å². The van der Waals surface area contributed by atoms with Crippen LogP contribution in [0.2, 0.25) is 0 Å². The summed E-state index contributed by atoms with van der Waals surface area (Å²) in [7, 11) is 3.71. The number of nitrogens with zero attached hydrogens (tertiary/aromatic N) is 6. The van der Waals surface area contributed by atoms with Gasteiger partial charge in [-0.15, -0.1) is 4.68 Å². The van der Waals surface area contributed by atoms with Gasteiger partial charge in [0.1, 0.15) is 6.61 Å². The Labute approximate surface area is 170 Å². The minimum atomic E-state index is -0.305. The molecule has 0 aliphatic carbocycles. The smallest absolute Gasteiger partial charge is 0.435 e. The molecule has 3 rings (SSSR count). The highest BCUT2D eigenvalue weighted by atomic mass is 16.5. The number of azo groups is 1. The number of likely N-dealkylation sites (N-methyl/N-ethyl adjacent to an activating group) is 1. The van der Waals surface area contributed by atoms with E-state index in [1.54, 1.807) is 21.4 Å². The number of carbonyl (C=O) groups excluding carboxylic acids is 1. The number of aromatic nitrogens is 3. The molecule has 8 nitrogen and oxygen atoms in total. The summed E-state index contributed by atoms with van der Waals surface area (Å²) in [5.74, 6) is 0.229. The molecule has 2 aromatic carbocycles. The summed E-state index contributed by atoms with van der Waals surface area (Å²) >= 11 is 0. The summed E-state index contributed by atoms with van der Waals surface area (Å²) < 4.78 is 8.86. The van der Waals surface area contributed by atoms with Crippen molar-refractivity contribution in [1.82, 2.24) is 9.78 Å². The molecule has 0 fully saturated rings. The van der Waals surface area contributed by atoms with E-state index in [0.717, 1.165) is 17.9 Å². The standard InChI is InChI=1S/C21H25N6O2/c1-4-27(14-15-29-20(28)17-8-6-5-7-9-17)19-12-10-18(11-13-19)22-23-21-24-26(3)16-25(21)2/h5-13,16H,4,14-15H2,1-3H3/q+1. The maximum atomic E-state index is 12.0. The van der Waals surface area contributed by atoms with Crippen LogP contribution in [0.25, 0.3) is 0 Å². The van der Waals surface area contributed by atoms with Crippen molar-refractivity contribution in [3.05, 3.63) is 66.5 Å². The lowest BCUT2D eigenvalue weighted by molar-refractivity contribution is -0.659. The number of hydrogen-bond donors (Lipinski definition) is 0. The summed E-state index contributed by atoms with van der Waals surface area (Å²) in [5, 5.41) is 12.6. The van der Waals surface area contributed by atoms with E-state index in [1.807, 2.05) is 62.9 Å². The average Bonchev–Trinajstić information content (AvgIpc) is 3.07. The summed E-state index contributed by atoms with van der Waals surface area (Å²) in [5.41, 5.74) is 2.34. The second kappa shape index (κ2) is 9.59. The quantitative estimate of drug-likeness (QED) is 0.334. The fourth-order valence-corrected chi connectivity index (χ4v) is 2.84. The van der Waals surface area contributed by atoms with Crippen molar-refractivity contribution in [3.8, 4) is 0 Å². The summed E-state index contributed by atoms with van der Waals surface area (Å²) in [6, 6.07) is 16.8. The van der Waals surface area contributed by atoms with Crippen LogP contribution in [0.15, 0.2) is 71.2 Å². The predicted molar refractivity (Wildman–Crippen MR) is 110 cm³/mol. The molecule has 3 aromatic rings. The zero-order valence-electron chi connectivity index (χ0n) is 16.9. The molecule has 0 aliphatic heterocycles. The van der Waals surface area contributed by atoms with Gasteiger partial charge in [-0.1, -0.05) is 23.3 Å². The molecule has 0 bridgehead atoms. The Morgan fingerprint density at radius 1 is 1.14 bits per heavy atom. The van der Waals surface area contributed by atoms with E-state index in [2.05, 4.69) is 27.2 Å². The van der Waals surface area contributed by atoms with Crippen LogP contribution in [0.4, 0.5) is 17.3 Å². The van der Waals surface area contributed by atoms with E-state index in [9.17, 15) is 4.79 Å². The lowest BCUT2D eigenvalue weighted by atomic mass is 10.2. The zero-order valence-corrected chi connectivity index (χ0v) is 16.9. The fourth-order valence-electron chi connectivity index (χ4n) is 2.84. The molecule has 0 unspecified atom stereocenters. The van der Waals surface area contributed by atoms with Crippen molar-refractivity contribution >= 4 is 23.3 Å². The molecule has 1 aromatic heterocycles. The Morgan fingerprint density at radius 3 is 2.48 bits per heavy atom. The third kappa shape index (κ3) is 5.47. The van der Waals surface area contributed by atoms with Gasteiger partial charge in [0.25, 0.3) is 0 Å². The van der Waals surface area contributed by atoms with Gasteiger partial charge in [0.05, 0.1) is 31.9 Å². The lowest BCUT2D eigenvalue weighted by Crippen LogP contribution is -2.27. The molecular formula is C21H25N6O2+. The van der Waals surface area contributed by atoms with Gasteiger partial charge in [-0.05, 0) is 43.3 Å². The SMILES string of the molecule is CCN(CCOC(=O)c1ccccc1)c1ccc(N=Nc2nn(C)c[n+]2C)cc1. The first kappa shape index (κ1) is 20.2. The molecule has 0 radical (unpaired) electrons. The number of ether oxygens (including phenoxy) is 1. The Hall–Kier alpha value is -3.55. The second-order valence-electron chi connectivity index (χ2n) is 6.50. The molecule has 0 saturated carbocycles. The fraction of sp³-hybridized carbons (Fsp3) is 0.286. The second-order valence-corrected chi connectivity index (χ2v) is 6.50. The maximum absolute atomic E-state index is 12.0. The van der Waals surface area contributed by atoms with E-state index in [1.165, 1.54) is 0 Å². The Bertz CT molecular complexity index is 967. The summed E-state index contributed by atoms with van der Waals surface area (Å²) in [6.07, 6.45) is 1.82. The van der Waals surface area contributed by atoms with Crippen LogP contribution in [-0.2, 0) is 18.8 Å². The first-order valence-corrected chi connectivity index (χ1v) is 9.45. The number of anilines is 1. The number of aryl methyl sites for hydroxylation is 2. The molecule has 29 heavy (non-hydrogen) atoms. The number of carbonyl (C=O) groups is 1. The van der Waals surface area contributed by atoms with Crippen LogP contribution in [0.3, 0.4) is 0 Å². The van der Waals surface area contributed by atoms with Crippen LogP contribution in [0, 0.1) is 0 Å². The monoisotopic (exact) mass is 393 g/mol. The summed E-state index contributed by atoms with van der Waals surface area (Å²) in [6.45, 7) is 3.79. The van der Waals surface area contributed by atoms with E-state index >= 15 is 0 Å².